The maximum atomic E-state index is 13.3. The van der Waals surface area contributed by atoms with Crippen LogP contribution in [-0.4, -0.2) is 49.7 Å². The lowest BCUT2D eigenvalue weighted by molar-refractivity contribution is 0.252. The molecule has 10 heteroatoms. The lowest BCUT2D eigenvalue weighted by Crippen LogP contribution is -2.40. The second-order valence-electron chi connectivity index (χ2n) is 7.96. The van der Waals surface area contributed by atoms with Crippen LogP contribution in [0.2, 0.25) is 0 Å². The van der Waals surface area contributed by atoms with Crippen LogP contribution in [0.1, 0.15) is 31.2 Å². The van der Waals surface area contributed by atoms with E-state index in [9.17, 15) is 13.2 Å². The van der Waals surface area contributed by atoms with Gasteiger partial charge in [-0.1, -0.05) is 0 Å². The van der Waals surface area contributed by atoms with Gasteiger partial charge in [0.2, 0.25) is 10.0 Å². The first-order valence-electron chi connectivity index (χ1n) is 10.3. The van der Waals surface area contributed by atoms with Crippen molar-refractivity contribution in [3.8, 4) is 0 Å². The molecule has 0 aromatic carbocycles. The number of aromatic nitrogens is 5. The molecule has 1 fully saturated rings. The van der Waals surface area contributed by atoms with E-state index in [0.717, 1.165) is 5.52 Å². The van der Waals surface area contributed by atoms with Gasteiger partial charge in [0.25, 0.3) is 0 Å². The highest BCUT2D eigenvalue weighted by molar-refractivity contribution is 7.89. The van der Waals surface area contributed by atoms with Crippen LogP contribution in [-0.2, 0) is 30.2 Å². The summed E-state index contributed by atoms with van der Waals surface area (Å²) < 4.78 is 33.1. The Labute approximate surface area is 176 Å². The van der Waals surface area contributed by atoms with Crippen LogP contribution in [0, 0.1) is 19.8 Å². The smallest absolute Gasteiger partial charge is 0.293 e. The average molecular weight is 433 g/mol. The Morgan fingerprint density at radius 1 is 1.20 bits per heavy atom. The Kier molecular flexibility index (Phi) is 5.31. The molecule has 0 saturated carbocycles. The molecule has 4 rings (SSSR count). The van der Waals surface area contributed by atoms with Crippen LogP contribution in [0.4, 0.5) is 0 Å². The SMILES string of the molecule is CCn1nc(C)c(S(=O)(=O)N2CCC(Cn3c(=O)n(C)c4cccnc43)CC2)c1C. The Morgan fingerprint density at radius 3 is 2.53 bits per heavy atom. The fraction of sp³-hybridized carbons (Fsp3) is 0.550. The van der Waals surface area contributed by atoms with Crippen LogP contribution in [0.15, 0.2) is 28.0 Å². The van der Waals surface area contributed by atoms with Crippen LogP contribution < -0.4 is 5.69 Å². The topological polar surface area (TPSA) is 95.0 Å². The number of pyridine rings is 1. The number of fused-ring (bicyclic) bond motifs is 1. The van der Waals surface area contributed by atoms with Crippen molar-refractivity contribution in [3.05, 3.63) is 40.2 Å². The van der Waals surface area contributed by atoms with E-state index < -0.39 is 10.0 Å². The van der Waals surface area contributed by atoms with Gasteiger partial charge in [-0.3, -0.25) is 13.8 Å². The van der Waals surface area contributed by atoms with Gasteiger partial charge in [-0.15, -0.1) is 0 Å². The van der Waals surface area contributed by atoms with E-state index in [1.807, 2.05) is 26.0 Å². The van der Waals surface area contributed by atoms with Gasteiger partial charge < -0.3 is 0 Å². The zero-order valence-corrected chi connectivity index (χ0v) is 18.7. The maximum absolute atomic E-state index is 13.3. The minimum absolute atomic E-state index is 0.0861. The third kappa shape index (κ3) is 3.27. The summed E-state index contributed by atoms with van der Waals surface area (Å²) in [6.45, 7) is 7.57. The van der Waals surface area contributed by atoms with Crippen molar-refractivity contribution in [2.75, 3.05) is 13.1 Å². The molecule has 1 aliphatic rings. The second kappa shape index (κ2) is 7.66. The molecule has 162 valence electrons. The number of imidazole rings is 1. The summed E-state index contributed by atoms with van der Waals surface area (Å²) in [6, 6.07) is 3.71. The van der Waals surface area contributed by atoms with E-state index >= 15 is 0 Å². The maximum Gasteiger partial charge on any atom is 0.330 e. The van der Waals surface area contributed by atoms with E-state index in [2.05, 4.69) is 10.1 Å². The number of hydrogen-bond acceptors (Lipinski definition) is 5. The fourth-order valence-corrected chi connectivity index (χ4v) is 6.32. The lowest BCUT2D eigenvalue weighted by atomic mass is 9.98. The summed E-state index contributed by atoms with van der Waals surface area (Å²) in [7, 11) is -1.83. The zero-order valence-electron chi connectivity index (χ0n) is 17.9. The first-order chi connectivity index (χ1) is 14.3. The third-order valence-electron chi connectivity index (χ3n) is 6.13. The van der Waals surface area contributed by atoms with Crippen molar-refractivity contribution in [2.45, 2.75) is 51.6 Å². The van der Waals surface area contributed by atoms with Gasteiger partial charge in [0.05, 0.1) is 16.9 Å². The van der Waals surface area contributed by atoms with Crippen LogP contribution in [0.25, 0.3) is 11.2 Å². The molecule has 1 aliphatic heterocycles. The predicted octanol–water partition coefficient (Wildman–Crippen LogP) is 1.67. The van der Waals surface area contributed by atoms with Crippen LogP contribution in [0.3, 0.4) is 0 Å². The molecule has 9 nitrogen and oxygen atoms in total. The zero-order chi connectivity index (χ0) is 21.6. The van der Waals surface area contributed by atoms with E-state index in [-0.39, 0.29) is 11.6 Å². The van der Waals surface area contributed by atoms with Crippen LogP contribution >= 0.6 is 0 Å². The van der Waals surface area contributed by atoms with E-state index in [4.69, 9.17) is 0 Å². The highest BCUT2D eigenvalue weighted by Gasteiger charge is 2.34. The normalized spacial score (nSPS) is 16.5. The van der Waals surface area contributed by atoms with Gasteiger partial charge in [-0.2, -0.15) is 9.40 Å². The number of hydrogen-bond donors (Lipinski definition) is 0. The predicted molar refractivity (Wildman–Crippen MR) is 114 cm³/mol. The van der Waals surface area contributed by atoms with E-state index in [1.165, 1.54) is 0 Å². The quantitative estimate of drug-likeness (QED) is 0.611. The summed E-state index contributed by atoms with van der Waals surface area (Å²) >= 11 is 0. The Balaban J connectivity index is 1.52. The molecule has 0 bridgehead atoms. The molecule has 0 atom stereocenters. The molecule has 3 aromatic rings. The Morgan fingerprint density at radius 2 is 1.90 bits per heavy atom. The minimum atomic E-state index is -3.58. The molecule has 30 heavy (non-hydrogen) atoms. The fourth-order valence-electron chi connectivity index (χ4n) is 4.48. The first-order valence-corrected chi connectivity index (χ1v) is 11.7. The highest BCUT2D eigenvalue weighted by Crippen LogP contribution is 2.28. The Hall–Kier alpha value is -2.46. The first kappa shape index (κ1) is 20.8. The van der Waals surface area contributed by atoms with Crippen molar-refractivity contribution in [1.29, 1.82) is 0 Å². The molecule has 0 spiro atoms. The van der Waals surface area contributed by atoms with Gasteiger partial charge in [0.1, 0.15) is 4.90 Å². The molecule has 4 heterocycles. The average Bonchev–Trinajstić information content (AvgIpc) is 3.16. The number of piperidine rings is 1. The van der Waals surface area contributed by atoms with Crippen molar-refractivity contribution in [3.63, 3.8) is 0 Å². The molecule has 3 aromatic heterocycles. The summed E-state index contributed by atoms with van der Waals surface area (Å²) in [5.41, 5.74) is 2.63. The second-order valence-corrected chi connectivity index (χ2v) is 9.84. The summed E-state index contributed by atoms with van der Waals surface area (Å²) in [4.78, 5) is 17.4. The largest absolute Gasteiger partial charge is 0.330 e. The molecule has 0 amide bonds. The summed E-state index contributed by atoms with van der Waals surface area (Å²) in [5, 5.41) is 4.37. The van der Waals surface area contributed by atoms with Crippen molar-refractivity contribution >= 4 is 21.2 Å². The van der Waals surface area contributed by atoms with E-state index in [0.29, 0.717) is 61.0 Å². The number of nitrogens with zero attached hydrogens (tertiary/aromatic N) is 6. The number of rotatable bonds is 5. The van der Waals surface area contributed by atoms with E-state index in [1.54, 1.807) is 38.3 Å². The molecular formula is C20H28N6O3S. The van der Waals surface area contributed by atoms with Crippen LogP contribution in [0.5, 0.6) is 0 Å². The van der Waals surface area contributed by atoms with Gasteiger partial charge in [-0.05, 0) is 51.7 Å². The van der Waals surface area contributed by atoms with Gasteiger partial charge in [0, 0.05) is 39.4 Å². The molecule has 0 N–H and O–H groups in total. The van der Waals surface area contributed by atoms with Crippen molar-refractivity contribution in [2.24, 2.45) is 13.0 Å². The molecular weight excluding hydrogens is 404 g/mol. The standard InChI is InChI=1S/C20H28N6O3S/c1-5-26-15(3)18(14(2)22-26)30(28,29)24-11-8-16(9-12-24)13-25-19-17(7-6-10-21-19)23(4)20(25)27/h6-7,10,16H,5,8-9,11-13H2,1-4H3. The molecule has 0 unspecified atom stereocenters. The van der Waals surface area contributed by atoms with Crippen molar-refractivity contribution < 1.29 is 8.42 Å². The molecule has 0 radical (unpaired) electrons. The third-order valence-corrected chi connectivity index (χ3v) is 8.28. The number of sulfonamides is 1. The van der Waals surface area contributed by atoms with Gasteiger partial charge in [0.15, 0.2) is 5.65 Å². The monoisotopic (exact) mass is 432 g/mol. The number of aryl methyl sites for hydroxylation is 3. The van der Waals surface area contributed by atoms with Crippen molar-refractivity contribution in [1.82, 2.24) is 28.2 Å². The van der Waals surface area contributed by atoms with Gasteiger partial charge in [-0.25, -0.2) is 18.2 Å². The summed E-state index contributed by atoms with van der Waals surface area (Å²) in [5.74, 6) is 0.224. The minimum Gasteiger partial charge on any atom is -0.293 e. The molecule has 0 aliphatic carbocycles. The lowest BCUT2D eigenvalue weighted by Gasteiger charge is -2.31. The molecule has 1 saturated heterocycles. The van der Waals surface area contributed by atoms with Gasteiger partial charge >= 0.3 is 5.69 Å². The highest BCUT2D eigenvalue weighted by atomic mass is 32.2. The Bertz CT molecular complexity index is 1250. The summed E-state index contributed by atoms with van der Waals surface area (Å²) in [6.07, 6.45) is 3.10.